The second-order valence-electron chi connectivity index (χ2n) is 6.82. The van der Waals surface area contributed by atoms with Crippen molar-refractivity contribution in [1.29, 1.82) is 0 Å². The molecule has 0 saturated carbocycles. The summed E-state index contributed by atoms with van der Waals surface area (Å²) < 4.78 is 51.8. The molecule has 2 rings (SSSR count). The van der Waals surface area contributed by atoms with Crippen LogP contribution in [0.15, 0.2) is 17.1 Å². The summed E-state index contributed by atoms with van der Waals surface area (Å²) in [6, 6.07) is 1.20. The summed E-state index contributed by atoms with van der Waals surface area (Å²) in [6.07, 6.45) is -2.32. The Morgan fingerprint density at radius 3 is 2.29 bits per heavy atom. The van der Waals surface area contributed by atoms with E-state index in [-0.39, 0.29) is 5.82 Å². The van der Waals surface area contributed by atoms with Crippen LogP contribution in [0.2, 0.25) is 0 Å². The van der Waals surface area contributed by atoms with E-state index in [0.717, 1.165) is 24.6 Å². The first-order valence-corrected chi connectivity index (χ1v) is 12.5. The van der Waals surface area contributed by atoms with Gasteiger partial charge in [-0.05, 0) is 19.9 Å². The predicted octanol–water partition coefficient (Wildman–Crippen LogP) is -1.43. The van der Waals surface area contributed by atoms with Gasteiger partial charge in [0.2, 0.25) is 0 Å². The van der Waals surface area contributed by atoms with Gasteiger partial charge in [0.1, 0.15) is 23.1 Å². The van der Waals surface area contributed by atoms with Crippen molar-refractivity contribution < 1.29 is 61.4 Å². The van der Waals surface area contributed by atoms with Crippen molar-refractivity contribution in [2.24, 2.45) is 0 Å². The normalized spacial score (nSPS) is 33.0. The van der Waals surface area contributed by atoms with Crippen molar-refractivity contribution in [1.82, 2.24) is 9.55 Å². The van der Waals surface area contributed by atoms with Gasteiger partial charge < -0.3 is 40.3 Å². The van der Waals surface area contributed by atoms with E-state index in [0.29, 0.717) is 0 Å². The molecule has 0 radical (unpaired) electrons. The molecule has 17 nitrogen and oxygen atoms in total. The Hall–Kier alpha value is -1.03. The molecule has 1 aromatic heterocycles. The molecule has 31 heavy (non-hydrogen) atoms. The van der Waals surface area contributed by atoms with E-state index >= 15 is 0 Å². The Labute approximate surface area is 173 Å². The topological polar surface area (TPSA) is 270 Å². The molecule has 0 aliphatic carbocycles. The van der Waals surface area contributed by atoms with E-state index in [1.807, 2.05) is 0 Å². The number of phosphoric ester groups is 1. The number of aromatic nitrogens is 2. The van der Waals surface area contributed by atoms with E-state index in [1.54, 1.807) is 0 Å². The van der Waals surface area contributed by atoms with E-state index in [1.165, 1.54) is 6.07 Å². The fourth-order valence-electron chi connectivity index (χ4n) is 2.76. The van der Waals surface area contributed by atoms with E-state index in [4.69, 9.17) is 25.2 Å². The molecule has 178 valence electrons. The van der Waals surface area contributed by atoms with Gasteiger partial charge in [0.15, 0.2) is 6.23 Å². The molecular weight excluding hydrogens is 491 g/mol. The van der Waals surface area contributed by atoms with Gasteiger partial charge in [0, 0.05) is 6.20 Å². The maximum atomic E-state index is 12.0. The maximum absolute atomic E-state index is 12.0. The first-order chi connectivity index (χ1) is 13.8. The number of rotatable bonds is 8. The van der Waals surface area contributed by atoms with Crippen LogP contribution in [-0.2, 0) is 31.6 Å². The first kappa shape index (κ1) is 26.2. The van der Waals surface area contributed by atoms with Crippen molar-refractivity contribution in [2.75, 3.05) is 12.3 Å². The second-order valence-corrected chi connectivity index (χ2v) is 11.2. The monoisotopic (exact) mass is 511 g/mol. The third-order valence-electron chi connectivity index (χ3n) is 4.05. The van der Waals surface area contributed by atoms with Crippen LogP contribution >= 0.6 is 23.5 Å². The lowest BCUT2D eigenvalue weighted by atomic mass is 9.89. The van der Waals surface area contributed by atoms with Crippen LogP contribution in [0.3, 0.4) is 0 Å². The van der Waals surface area contributed by atoms with Crippen molar-refractivity contribution in [2.45, 2.75) is 37.4 Å². The van der Waals surface area contributed by atoms with Crippen LogP contribution < -0.4 is 11.4 Å². The molecule has 6 unspecified atom stereocenters. The number of aliphatic hydroxyl groups is 2. The van der Waals surface area contributed by atoms with Crippen molar-refractivity contribution >= 4 is 29.3 Å². The SMILES string of the molecule is CC1(COP(=O)(O)OP(=O)(O)OP(=O)(O)O)OC(n2ccc(N)nc2=O)C(C)(O)C1O. The maximum Gasteiger partial charge on any atom is 0.490 e. The van der Waals surface area contributed by atoms with Crippen LogP contribution in [0.1, 0.15) is 20.1 Å². The summed E-state index contributed by atoms with van der Waals surface area (Å²) in [6.45, 7) is 1.12. The zero-order valence-corrected chi connectivity index (χ0v) is 18.5. The summed E-state index contributed by atoms with van der Waals surface area (Å²) in [7, 11) is -16.8. The van der Waals surface area contributed by atoms with Gasteiger partial charge in [-0.15, -0.1) is 0 Å². The number of nitrogens with zero attached hydrogens (tertiary/aromatic N) is 2. The molecule has 1 saturated heterocycles. The van der Waals surface area contributed by atoms with Crippen LogP contribution in [0.4, 0.5) is 5.82 Å². The number of aliphatic hydroxyl groups excluding tert-OH is 1. The Morgan fingerprint density at radius 2 is 1.77 bits per heavy atom. The summed E-state index contributed by atoms with van der Waals surface area (Å²) in [5.74, 6) is -0.130. The lowest BCUT2D eigenvalue weighted by Gasteiger charge is -2.30. The van der Waals surface area contributed by atoms with Crippen molar-refractivity contribution in [3.63, 3.8) is 0 Å². The average molecular weight is 511 g/mol. The highest BCUT2D eigenvalue weighted by molar-refractivity contribution is 7.66. The Morgan fingerprint density at radius 1 is 1.19 bits per heavy atom. The molecule has 2 heterocycles. The number of nitrogen functional groups attached to an aromatic ring is 1. The largest absolute Gasteiger partial charge is 0.490 e. The first-order valence-electron chi connectivity index (χ1n) is 7.99. The highest BCUT2D eigenvalue weighted by Gasteiger charge is 2.60. The van der Waals surface area contributed by atoms with Gasteiger partial charge in [-0.2, -0.15) is 13.6 Å². The second kappa shape index (κ2) is 8.39. The third-order valence-corrected chi connectivity index (χ3v) is 7.83. The Balaban J connectivity index is 2.21. The molecule has 8 N–H and O–H groups in total. The zero-order chi connectivity index (χ0) is 24.0. The molecule has 1 aromatic rings. The van der Waals surface area contributed by atoms with Gasteiger partial charge in [-0.3, -0.25) is 9.09 Å². The number of nitrogens with two attached hydrogens (primary N) is 1. The predicted molar refractivity (Wildman–Crippen MR) is 97.9 cm³/mol. The molecule has 1 aliphatic heterocycles. The average Bonchev–Trinajstić information content (AvgIpc) is 2.71. The number of phosphoric acid groups is 3. The summed E-state index contributed by atoms with van der Waals surface area (Å²) in [5, 5.41) is 21.1. The quantitative estimate of drug-likeness (QED) is 0.197. The van der Waals surface area contributed by atoms with Crippen LogP contribution in [0, 0.1) is 0 Å². The molecule has 0 aromatic carbocycles. The smallest absolute Gasteiger partial charge is 0.387 e. The van der Waals surface area contributed by atoms with E-state index < -0.39 is 59.3 Å². The van der Waals surface area contributed by atoms with Crippen LogP contribution in [-0.4, -0.2) is 63.3 Å². The minimum Gasteiger partial charge on any atom is -0.387 e. The van der Waals surface area contributed by atoms with Gasteiger partial charge in [-0.25, -0.2) is 18.5 Å². The van der Waals surface area contributed by atoms with Gasteiger partial charge in [0.25, 0.3) is 0 Å². The molecule has 1 aliphatic rings. The molecule has 0 spiro atoms. The van der Waals surface area contributed by atoms with Crippen LogP contribution in [0.5, 0.6) is 0 Å². The number of anilines is 1. The Bertz CT molecular complexity index is 1040. The fourth-order valence-corrected chi connectivity index (χ4v) is 5.87. The van der Waals surface area contributed by atoms with Gasteiger partial charge >= 0.3 is 29.2 Å². The fraction of sp³-hybridized carbons (Fsp3) is 0.636. The number of hydrogen-bond acceptors (Lipinski definition) is 12. The third kappa shape index (κ3) is 6.27. The lowest BCUT2D eigenvalue weighted by molar-refractivity contribution is -0.120. The lowest BCUT2D eigenvalue weighted by Crippen LogP contribution is -2.50. The van der Waals surface area contributed by atoms with Crippen LogP contribution in [0.25, 0.3) is 0 Å². The van der Waals surface area contributed by atoms with Crippen molar-refractivity contribution in [3.05, 3.63) is 22.7 Å². The minimum atomic E-state index is -5.75. The number of hydrogen-bond donors (Lipinski definition) is 7. The summed E-state index contributed by atoms with van der Waals surface area (Å²) >= 11 is 0. The molecular formula is C11H20N3O14P3. The summed E-state index contributed by atoms with van der Waals surface area (Å²) in [5.41, 5.74) is 0.266. The van der Waals surface area contributed by atoms with Gasteiger partial charge in [0.05, 0.1) is 6.61 Å². The number of ether oxygens (including phenoxy) is 1. The van der Waals surface area contributed by atoms with Gasteiger partial charge in [-0.1, -0.05) is 0 Å². The van der Waals surface area contributed by atoms with E-state index in [9.17, 15) is 33.6 Å². The highest BCUT2D eigenvalue weighted by atomic mass is 31.3. The van der Waals surface area contributed by atoms with Crippen molar-refractivity contribution in [3.8, 4) is 0 Å². The zero-order valence-electron chi connectivity index (χ0n) is 15.8. The molecule has 6 atom stereocenters. The molecule has 20 heteroatoms. The molecule has 0 bridgehead atoms. The molecule has 0 amide bonds. The highest BCUT2D eigenvalue weighted by Crippen LogP contribution is 2.66. The Kier molecular flexibility index (Phi) is 7.10. The molecule has 1 fully saturated rings. The minimum absolute atomic E-state index is 0.130. The van der Waals surface area contributed by atoms with E-state index in [2.05, 4.69) is 18.1 Å². The standard InChI is InChI=1S/C11H20N3O14P3/c1-10(5-25-30(21,22)28-31(23,24)27-29(18,19)20)7(15)11(2,17)8(26-10)14-4-3-6(12)13-9(14)16/h3-4,7-8,15,17H,5H2,1-2H3,(H,21,22)(H,23,24)(H2,12,13,16)(H2,18,19,20). The summed E-state index contributed by atoms with van der Waals surface area (Å²) in [4.78, 5) is 51.2.